The molecule has 0 saturated heterocycles. The summed E-state index contributed by atoms with van der Waals surface area (Å²) in [6.07, 6.45) is 7.59. The molecule has 0 unspecified atom stereocenters. The molecule has 3 nitrogen and oxygen atoms in total. The third-order valence-corrected chi connectivity index (χ3v) is 3.04. The second-order valence-electron chi connectivity index (χ2n) is 5.97. The van der Waals surface area contributed by atoms with Crippen molar-refractivity contribution in [2.24, 2.45) is 5.41 Å². The number of hydrogen-bond acceptors (Lipinski definition) is 2. The Labute approximate surface area is 112 Å². The molecule has 0 aromatic rings. The summed E-state index contributed by atoms with van der Waals surface area (Å²) in [5.74, 6) is 0.0851. The molecule has 106 valence electrons. The Morgan fingerprint density at radius 2 is 1.50 bits per heavy atom. The standard InChI is InChI=1S/C15H29NO2/c1-5-6-7-8-9-10-11-14(18)16-12-13(17)15(2,3)4/h5-12H2,1-4H3,(H,16,18). The summed E-state index contributed by atoms with van der Waals surface area (Å²) in [6.45, 7) is 7.97. The Kier molecular flexibility index (Phi) is 8.69. The molecule has 0 radical (unpaired) electrons. The van der Waals surface area contributed by atoms with Crippen LogP contribution in [0.4, 0.5) is 0 Å². The van der Waals surface area contributed by atoms with Gasteiger partial charge in [-0.2, -0.15) is 0 Å². The van der Waals surface area contributed by atoms with Crippen LogP contribution < -0.4 is 5.32 Å². The number of carbonyl (C=O) groups is 2. The van der Waals surface area contributed by atoms with Gasteiger partial charge in [0.15, 0.2) is 5.78 Å². The summed E-state index contributed by atoms with van der Waals surface area (Å²) in [6, 6.07) is 0. The molecule has 3 heteroatoms. The summed E-state index contributed by atoms with van der Waals surface area (Å²) in [7, 11) is 0. The maximum Gasteiger partial charge on any atom is 0.220 e. The molecule has 0 saturated carbocycles. The lowest BCUT2D eigenvalue weighted by atomic mass is 9.91. The van der Waals surface area contributed by atoms with Crippen LogP contribution in [0.25, 0.3) is 0 Å². The van der Waals surface area contributed by atoms with E-state index >= 15 is 0 Å². The maximum absolute atomic E-state index is 11.6. The highest BCUT2D eigenvalue weighted by molar-refractivity contribution is 5.89. The minimum absolute atomic E-state index is 0.00286. The van der Waals surface area contributed by atoms with Gasteiger partial charge in [-0.1, -0.05) is 59.8 Å². The minimum Gasteiger partial charge on any atom is -0.349 e. The fraction of sp³-hybridized carbons (Fsp3) is 0.867. The summed E-state index contributed by atoms with van der Waals surface area (Å²) in [5.41, 5.74) is -0.368. The van der Waals surface area contributed by atoms with E-state index in [-0.39, 0.29) is 23.7 Å². The van der Waals surface area contributed by atoms with Crippen molar-refractivity contribution in [1.82, 2.24) is 5.32 Å². The maximum atomic E-state index is 11.6. The molecule has 0 bridgehead atoms. The predicted octanol–water partition coefficient (Wildman–Crippen LogP) is 3.47. The van der Waals surface area contributed by atoms with E-state index in [0.29, 0.717) is 6.42 Å². The largest absolute Gasteiger partial charge is 0.349 e. The zero-order valence-corrected chi connectivity index (χ0v) is 12.5. The van der Waals surface area contributed by atoms with Crippen LogP contribution in [-0.2, 0) is 9.59 Å². The van der Waals surface area contributed by atoms with E-state index in [4.69, 9.17) is 0 Å². The molecule has 0 aromatic heterocycles. The summed E-state index contributed by atoms with van der Waals surface area (Å²) >= 11 is 0. The molecule has 0 atom stereocenters. The van der Waals surface area contributed by atoms with E-state index < -0.39 is 0 Å². The fourth-order valence-electron chi connectivity index (χ4n) is 1.60. The Bertz CT molecular complexity index is 254. The van der Waals surface area contributed by atoms with Crippen LogP contribution in [0.3, 0.4) is 0 Å². The summed E-state index contributed by atoms with van der Waals surface area (Å²) in [5, 5.41) is 2.70. The molecule has 0 aliphatic heterocycles. The van der Waals surface area contributed by atoms with Gasteiger partial charge in [-0.25, -0.2) is 0 Å². The van der Waals surface area contributed by atoms with Crippen molar-refractivity contribution in [1.29, 1.82) is 0 Å². The highest BCUT2D eigenvalue weighted by Crippen LogP contribution is 2.13. The van der Waals surface area contributed by atoms with Crippen molar-refractivity contribution in [3.05, 3.63) is 0 Å². The molecule has 0 aromatic carbocycles. The third-order valence-electron chi connectivity index (χ3n) is 3.04. The van der Waals surface area contributed by atoms with Gasteiger partial charge in [0, 0.05) is 11.8 Å². The molecular formula is C15H29NO2. The number of rotatable bonds is 9. The topological polar surface area (TPSA) is 46.2 Å². The Morgan fingerprint density at radius 1 is 0.944 bits per heavy atom. The van der Waals surface area contributed by atoms with Crippen molar-refractivity contribution in [2.75, 3.05) is 6.54 Å². The average molecular weight is 255 g/mol. The second-order valence-corrected chi connectivity index (χ2v) is 5.97. The predicted molar refractivity (Wildman–Crippen MR) is 75.5 cm³/mol. The Balaban J connectivity index is 3.52. The monoisotopic (exact) mass is 255 g/mol. The first-order valence-corrected chi connectivity index (χ1v) is 7.18. The molecule has 0 rings (SSSR count). The molecule has 1 amide bonds. The first-order chi connectivity index (χ1) is 8.38. The van der Waals surface area contributed by atoms with Gasteiger partial charge >= 0.3 is 0 Å². The van der Waals surface area contributed by atoms with Gasteiger partial charge in [-0.15, -0.1) is 0 Å². The molecule has 0 aliphatic rings. The van der Waals surface area contributed by atoms with Gasteiger partial charge in [0.05, 0.1) is 6.54 Å². The van der Waals surface area contributed by atoms with Gasteiger partial charge in [-0.3, -0.25) is 9.59 Å². The number of amides is 1. The van der Waals surface area contributed by atoms with Crippen molar-refractivity contribution in [3.63, 3.8) is 0 Å². The highest BCUT2D eigenvalue weighted by Gasteiger charge is 2.20. The van der Waals surface area contributed by atoms with E-state index in [9.17, 15) is 9.59 Å². The third kappa shape index (κ3) is 9.20. The lowest BCUT2D eigenvalue weighted by Gasteiger charge is -2.16. The minimum atomic E-state index is -0.368. The molecule has 0 spiro atoms. The van der Waals surface area contributed by atoms with E-state index in [1.807, 2.05) is 20.8 Å². The van der Waals surface area contributed by atoms with Crippen molar-refractivity contribution < 1.29 is 9.59 Å². The summed E-state index contributed by atoms with van der Waals surface area (Å²) < 4.78 is 0. The van der Waals surface area contributed by atoms with Crippen LogP contribution >= 0.6 is 0 Å². The van der Waals surface area contributed by atoms with Gasteiger partial charge in [0.1, 0.15) is 0 Å². The molecule has 0 fully saturated rings. The highest BCUT2D eigenvalue weighted by atomic mass is 16.2. The van der Waals surface area contributed by atoms with Crippen LogP contribution in [0, 0.1) is 5.41 Å². The zero-order valence-electron chi connectivity index (χ0n) is 12.5. The Hall–Kier alpha value is -0.860. The van der Waals surface area contributed by atoms with Crippen LogP contribution in [-0.4, -0.2) is 18.2 Å². The van der Waals surface area contributed by atoms with Crippen LogP contribution in [0.2, 0.25) is 0 Å². The Morgan fingerprint density at radius 3 is 2.06 bits per heavy atom. The smallest absolute Gasteiger partial charge is 0.220 e. The molecule has 18 heavy (non-hydrogen) atoms. The van der Waals surface area contributed by atoms with E-state index in [2.05, 4.69) is 12.2 Å². The van der Waals surface area contributed by atoms with Crippen molar-refractivity contribution >= 4 is 11.7 Å². The SMILES string of the molecule is CCCCCCCCC(=O)NCC(=O)C(C)(C)C. The average Bonchev–Trinajstić information content (AvgIpc) is 2.29. The number of hydrogen-bond donors (Lipinski definition) is 1. The number of ketones is 1. The van der Waals surface area contributed by atoms with Gasteiger partial charge < -0.3 is 5.32 Å². The lowest BCUT2D eigenvalue weighted by Crippen LogP contribution is -2.35. The first-order valence-electron chi connectivity index (χ1n) is 7.18. The molecule has 0 heterocycles. The van der Waals surface area contributed by atoms with Gasteiger partial charge in [-0.05, 0) is 6.42 Å². The fourth-order valence-corrected chi connectivity index (χ4v) is 1.60. The number of Topliss-reactive ketones (excluding diaryl/α,β-unsaturated/α-hetero) is 1. The number of unbranched alkanes of at least 4 members (excludes halogenated alkanes) is 5. The van der Waals surface area contributed by atoms with Gasteiger partial charge in [0.25, 0.3) is 0 Å². The van der Waals surface area contributed by atoms with Crippen LogP contribution in [0.1, 0.15) is 72.6 Å². The van der Waals surface area contributed by atoms with Crippen molar-refractivity contribution in [3.8, 4) is 0 Å². The summed E-state index contributed by atoms with van der Waals surface area (Å²) in [4.78, 5) is 23.1. The molecule has 1 N–H and O–H groups in total. The molecular weight excluding hydrogens is 226 g/mol. The van der Waals surface area contributed by atoms with Gasteiger partial charge in [0.2, 0.25) is 5.91 Å². The lowest BCUT2D eigenvalue weighted by molar-refractivity contribution is -0.129. The van der Waals surface area contributed by atoms with Crippen LogP contribution in [0.5, 0.6) is 0 Å². The number of nitrogens with one attached hydrogen (secondary N) is 1. The van der Waals surface area contributed by atoms with Crippen molar-refractivity contribution in [2.45, 2.75) is 72.6 Å². The normalized spacial score (nSPS) is 11.3. The zero-order chi connectivity index (χ0) is 14.0. The first kappa shape index (κ1) is 17.1. The quantitative estimate of drug-likeness (QED) is 0.641. The molecule has 0 aliphatic carbocycles. The van der Waals surface area contributed by atoms with E-state index in [0.717, 1.165) is 12.8 Å². The second kappa shape index (κ2) is 9.12. The number of carbonyl (C=O) groups excluding carboxylic acids is 2. The van der Waals surface area contributed by atoms with E-state index in [1.165, 1.54) is 25.7 Å². The van der Waals surface area contributed by atoms with Crippen LogP contribution in [0.15, 0.2) is 0 Å². The van der Waals surface area contributed by atoms with E-state index in [1.54, 1.807) is 0 Å².